The Morgan fingerprint density at radius 3 is 2.28 bits per heavy atom. The molecule has 0 N–H and O–H groups in total. The van der Waals surface area contributed by atoms with Crippen LogP contribution in [0.3, 0.4) is 0 Å². The number of aryl methyl sites for hydroxylation is 1. The van der Waals surface area contributed by atoms with Crippen LogP contribution in [0.25, 0.3) is 11.1 Å². The van der Waals surface area contributed by atoms with Gasteiger partial charge in [-0.05, 0) is 108 Å². The summed E-state index contributed by atoms with van der Waals surface area (Å²) in [7, 11) is -0.424. The molecule has 1 saturated carbocycles. The van der Waals surface area contributed by atoms with E-state index in [1.807, 2.05) is 51.1 Å². The third-order valence-corrected chi connectivity index (χ3v) is 11.4. The van der Waals surface area contributed by atoms with E-state index >= 15 is 0 Å². The zero-order valence-corrected chi connectivity index (χ0v) is 28.1. The van der Waals surface area contributed by atoms with E-state index in [1.165, 1.54) is 20.4 Å². The monoisotopic (exact) mass is 610 g/mol. The number of benzene rings is 2. The maximum Gasteiger partial charge on any atom is 0.336 e. The van der Waals surface area contributed by atoms with Crippen LogP contribution >= 0.6 is 7.60 Å². The zero-order chi connectivity index (χ0) is 31.5. The lowest BCUT2D eigenvalue weighted by molar-refractivity contribution is 0.166. The number of halogens is 1. The second-order valence-corrected chi connectivity index (χ2v) is 15.7. The molecule has 2 aromatic carbocycles. The van der Waals surface area contributed by atoms with Crippen molar-refractivity contribution in [3.05, 3.63) is 82.9 Å². The van der Waals surface area contributed by atoms with Crippen LogP contribution in [-0.2, 0) is 26.8 Å². The van der Waals surface area contributed by atoms with E-state index in [1.54, 1.807) is 0 Å². The highest BCUT2D eigenvalue weighted by atomic mass is 31.2. The van der Waals surface area contributed by atoms with Crippen LogP contribution in [0.2, 0.25) is 0 Å². The van der Waals surface area contributed by atoms with Gasteiger partial charge in [0.1, 0.15) is 18.2 Å². The summed E-state index contributed by atoms with van der Waals surface area (Å²) >= 11 is 0. The predicted octanol–water partition coefficient (Wildman–Crippen LogP) is 9.15. The molecule has 4 rings (SSSR count). The van der Waals surface area contributed by atoms with Gasteiger partial charge in [-0.1, -0.05) is 30.3 Å². The van der Waals surface area contributed by atoms with E-state index in [4.69, 9.17) is 13.8 Å². The molecule has 43 heavy (non-hydrogen) atoms. The second-order valence-electron chi connectivity index (χ2n) is 12.8. The fraction of sp³-hybridized carbons (Fsp3) is 0.514. The lowest BCUT2D eigenvalue weighted by atomic mass is 9.83. The zero-order valence-electron chi connectivity index (χ0n) is 27.2. The first-order valence-corrected chi connectivity index (χ1v) is 16.8. The summed E-state index contributed by atoms with van der Waals surface area (Å²) in [6, 6.07) is 16.7. The number of nitrogens with zero attached hydrogens (tertiary/aromatic N) is 2. The van der Waals surface area contributed by atoms with E-state index in [2.05, 4.69) is 55.8 Å². The Bertz CT molecular complexity index is 1440. The Morgan fingerprint density at radius 2 is 1.67 bits per heavy atom. The molecule has 0 radical (unpaired) electrons. The molecule has 0 aliphatic heterocycles. The Morgan fingerprint density at radius 1 is 1.00 bits per heavy atom. The number of rotatable bonds is 14. The van der Waals surface area contributed by atoms with E-state index in [0.717, 1.165) is 46.5 Å². The summed E-state index contributed by atoms with van der Waals surface area (Å²) in [5.74, 6) is 0.842. The van der Waals surface area contributed by atoms with E-state index < -0.39 is 12.8 Å². The number of aromatic nitrogens is 1. The molecule has 0 amide bonds. The molecule has 0 bridgehead atoms. The number of ether oxygens (including phenoxy) is 1. The van der Waals surface area contributed by atoms with Gasteiger partial charge in [0.15, 0.2) is 0 Å². The Balaban J connectivity index is 1.63. The summed E-state index contributed by atoms with van der Waals surface area (Å²) in [5, 5.41) is -0.708. The van der Waals surface area contributed by atoms with Gasteiger partial charge in [-0.15, -0.1) is 0 Å². The molecule has 0 spiro atoms. The van der Waals surface area contributed by atoms with Crippen molar-refractivity contribution in [2.45, 2.75) is 97.6 Å². The van der Waals surface area contributed by atoms with Crippen LogP contribution in [0.15, 0.2) is 54.7 Å². The van der Waals surface area contributed by atoms with Crippen molar-refractivity contribution < 1.29 is 22.7 Å². The van der Waals surface area contributed by atoms with Gasteiger partial charge in [-0.25, -0.2) is 4.39 Å². The predicted molar refractivity (Wildman–Crippen MR) is 172 cm³/mol. The average molecular weight is 611 g/mol. The molecule has 3 aromatic rings. The Hall–Kier alpha value is -2.57. The number of hydrogen-bond acceptors (Lipinski definition) is 6. The molecule has 1 atom stereocenters. The first-order valence-electron chi connectivity index (χ1n) is 15.3. The van der Waals surface area contributed by atoms with Crippen LogP contribution < -0.4 is 4.74 Å². The summed E-state index contributed by atoms with van der Waals surface area (Å²) in [6.07, 6.45) is 3.47. The molecule has 234 valence electrons. The maximum absolute atomic E-state index is 15.0. The van der Waals surface area contributed by atoms with Crippen LogP contribution in [-0.4, -0.2) is 41.3 Å². The molecule has 1 unspecified atom stereocenters. The van der Waals surface area contributed by atoms with Gasteiger partial charge in [0.05, 0.1) is 11.4 Å². The van der Waals surface area contributed by atoms with E-state index in [0.29, 0.717) is 36.7 Å². The summed E-state index contributed by atoms with van der Waals surface area (Å²) in [4.78, 5) is 6.53. The van der Waals surface area contributed by atoms with Crippen molar-refractivity contribution in [1.82, 2.24) is 9.88 Å². The van der Waals surface area contributed by atoms with Gasteiger partial charge in [-0.3, -0.25) is 14.4 Å². The summed E-state index contributed by atoms with van der Waals surface area (Å²) < 4.78 is 45.8. The highest BCUT2D eigenvalue weighted by Crippen LogP contribution is 2.67. The van der Waals surface area contributed by atoms with Crippen LogP contribution in [0, 0.1) is 18.7 Å². The van der Waals surface area contributed by atoms with Crippen molar-refractivity contribution in [3.8, 4) is 16.9 Å². The SMILES string of the molecule is COP(=O)(OC)C(C)(C)C(c1cccc(OCc2ccc(-c3cc(C)ncc3F)c(CN(C(C)C)C(C)C)c2)c1)C1CC1. The van der Waals surface area contributed by atoms with Gasteiger partial charge in [0, 0.05) is 50.0 Å². The molecule has 8 heteroatoms. The largest absolute Gasteiger partial charge is 0.489 e. The molecule has 1 heterocycles. The van der Waals surface area contributed by atoms with Crippen LogP contribution in [0.5, 0.6) is 5.75 Å². The van der Waals surface area contributed by atoms with Gasteiger partial charge < -0.3 is 13.8 Å². The van der Waals surface area contributed by atoms with Crippen molar-refractivity contribution in [1.29, 1.82) is 0 Å². The lowest BCUT2D eigenvalue weighted by Gasteiger charge is -2.38. The average Bonchev–Trinajstić information content (AvgIpc) is 3.80. The third-order valence-electron chi connectivity index (χ3n) is 8.80. The maximum atomic E-state index is 15.0. The lowest BCUT2D eigenvalue weighted by Crippen LogP contribution is -2.36. The van der Waals surface area contributed by atoms with Gasteiger partial charge in [-0.2, -0.15) is 0 Å². The molecule has 1 aliphatic carbocycles. The molecule has 1 aromatic heterocycles. The van der Waals surface area contributed by atoms with Gasteiger partial charge >= 0.3 is 7.60 Å². The molecule has 6 nitrogen and oxygen atoms in total. The highest BCUT2D eigenvalue weighted by molar-refractivity contribution is 7.55. The summed E-state index contributed by atoms with van der Waals surface area (Å²) in [5.41, 5.74) is 5.34. The molecular weight excluding hydrogens is 562 g/mol. The Labute approximate surface area is 257 Å². The minimum absolute atomic E-state index is 0.00411. The second kappa shape index (κ2) is 13.6. The minimum Gasteiger partial charge on any atom is -0.489 e. The fourth-order valence-corrected chi connectivity index (χ4v) is 8.20. The van der Waals surface area contributed by atoms with Crippen molar-refractivity contribution >= 4 is 7.60 Å². The van der Waals surface area contributed by atoms with Crippen LogP contribution in [0.4, 0.5) is 4.39 Å². The van der Waals surface area contributed by atoms with Crippen molar-refractivity contribution in [2.75, 3.05) is 14.2 Å². The molecule has 1 fully saturated rings. The first kappa shape index (κ1) is 33.3. The smallest absolute Gasteiger partial charge is 0.336 e. The normalized spacial score (nSPS) is 15.0. The van der Waals surface area contributed by atoms with E-state index in [-0.39, 0.29) is 11.7 Å². The topological polar surface area (TPSA) is 60.9 Å². The number of hydrogen-bond donors (Lipinski definition) is 0. The highest BCUT2D eigenvalue weighted by Gasteiger charge is 2.53. The van der Waals surface area contributed by atoms with Crippen molar-refractivity contribution in [3.63, 3.8) is 0 Å². The first-order chi connectivity index (χ1) is 20.3. The van der Waals surface area contributed by atoms with E-state index in [9.17, 15) is 8.96 Å². The fourth-order valence-electron chi connectivity index (χ4n) is 6.40. The Kier molecular flexibility index (Phi) is 10.5. The number of pyridine rings is 1. The summed E-state index contributed by atoms with van der Waals surface area (Å²) in [6.45, 7) is 15.6. The van der Waals surface area contributed by atoms with Crippen LogP contribution in [0.1, 0.15) is 82.7 Å². The molecule has 1 aliphatic rings. The van der Waals surface area contributed by atoms with Gasteiger partial charge in [0.2, 0.25) is 0 Å². The minimum atomic E-state index is -3.34. The van der Waals surface area contributed by atoms with Crippen molar-refractivity contribution in [2.24, 2.45) is 5.92 Å². The third kappa shape index (κ3) is 7.39. The quantitative estimate of drug-likeness (QED) is 0.170. The molecule has 0 saturated heterocycles. The molecular formula is C35H48FN2O4P. The van der Waals surface area contributed by atoms with Gasteiger partial charge in [0.25, 0.3) is 0 Å². The standard InChI is InChI=1S/C35H48FN2O4P/c1-23(2)38(24(3)4)21-29-18-26(13-16-31(29)32-17-25(5)37-20-33(32)36)22-42-30-12-10-11-28(19-30)34(27-14-15-27)35(6,7)43(39,40-8)41-9/h10-13,16-20,23-24,27,34H,14-15,21-22H2,1-9H3.